The molecule has 0 radical (unpaired) electrons. The number of aliphatic hydroxyl groups is 1. The highest BCUT2D eigenvalue weighted by atomic mass is 16.9. The van der Waals surface area contributed by atoms with Gasteiger partial charge in [-0.25, -0.2) is 0 Å². The zero-order chi connectivity index (χ0) is 10.3. The van der Waals surface area contributed by atoms with E-state index in [2.05, 4.69) is 0 Å². The summed E-state index contributed by atoms with van der Waals surface area (Å²) in [7, 11) is 3.06. The van der Waals surface area contributed by atoms with E-state index in [1.165, 1.54) is 14.2 Å². The molecule has 1 aliphatic rings. The SMILES string of the molecule is COC1(OC)OC(C(C)(C)O)C1C. The molecular weight excluding hydrogens is 172 g/mol. The summed E-state index contributed by atoms with van der Waals surface area (Å²) in [6, 6.07) is 0. The molecule has 1 heterocycles. The van der Waals surface area contributed by atoms with E-state index in [1.807, 2.05) is 6.92 Å². The highest BCUT2D eigenvalue weighted by Gasteiger charge is 2.59. The summed E-state index contributed by atoms with van der Waals surface area (Å²) in [4.78, 5) is 0. The van der Waals surface area contributed by atoms with Crippen molar-refractivity contribution < 1.29 is 19.3 Å². The first-order chi connectivity index (χ1) is 5.87. The van der Waals surface area contributed by atoms with E-state index < -0.39 is 11.6 Å². The molecule has 2 unspecified atom stereocenters. The van der Waals surface area contributed by atoms with Crippen molar-refractivity contribution in [2.45, 2.75) is 38.4 Å². The normalized spacial score (nSPS) is 32.8. The first-order valence-electron chi connectivity index (χ1n) is 4.38. The molecule has 4 nitrogen and oxygen atoms in total. The van der Waals surface area contributed by atoms with Crippen LogP contribution in [0.3, 0.4) is 0 Å². The third-order valence-corrected chi connectivity index (χ3v) is 2.57. The second-order valence-corrected chi connectivity index (χ2v) is 3.99. The zero-order valence-corrected chi connectivity index (χ0v) is 8.83. The Balaban J connectivity index is 2.65. The van der Waals surface area contributed by atoms with Gasteiger partial charge in [0, 0.05) is 14.2 Å². The van der Waals surface area contributed by atoms with Gasteiger partial charge in [0.05, 0.1) is 11.5 Å². The number of hydrogen-bond donors (Lipinski definition) is 1. The van der Waals surface area contributed by atoms with Crippen LogP contribution in [0.2, 0.25) is 0 Å². The first-order valence-corrected chi connectivity index (χ1v) is 4.38. The van der Waals surface area contributed by atoms with Crippen molar-refractivity contribution in [1.82, 2.24) is 0 Å². The Bertz CT molecular complexity index is 181. The average molecular weight is 190 g/mol. The van der Waals surface area contributed by atoms with Crippen LogP contribution in [0.1, 0.15) is 20.8 Å². The maximum atomic E-state index is 9.69. The van der Waals surface area contributed by atoms with Gasteiger partial charge in [-0.15, -0.1) is 0 Å². The molecule has 1 N–H and O–H groups in total. The molecule has 1 aliphatic heterocycles. The number of rotatable bonds is 3. The van der Waals surface area contributed by atoms with Crippen LogP contribution < -0.4 is 0 Å². The van der Waals surface area contributed by atoms with E-state index in [1.54, 1.807) is 13.8 Å². The van der Waals surface area contributed by atoms with Crippen molar-refractivity contribution >= 4 is 0 Å². The Labute approximate surface area is 78.8 Å². The van der Waals surface area contributed by atoms with Crippen LogP contribution >= 0.6 is 0 Å². The van der Waals surface area contributed by atoms with Crippen LogP contribution in [-0.4, -0.2) is 37.0 Å². The second-order valence-electron chi connectivity index (χ2n) is 3.99. The van der Waals surface area contributed by atoms with Crippen molar-refractivity contribution in [1.29, 1.82) is 0 Å². The molecule has 0 aromatic rings. The maximum Gasteiger partial charge on any atom is 0.288 e. The maximum absolute atomic E-state index is 9.69. The minimum Gasteiger partial charge on any atom is -0.388 e. The Kier molecular flexibility index (Phi) is 2.69. The zero-order valence-electron chi connectivity index (χ0n) is 8.83. The van der Waals surface area contributed by atoms with Crippen LogP contribution in [0.4, 0.5) is 0 Å². The molecule has 0 bridgehead atoms. The number of methoxy groups -OCH3 is 2. The molecule has 78 valence electrons. The summed E-state index contributed by atoms with van der Waals surface area (Å²) in [6.45, 7) is 5.35. The summed E-state index contributed by atoms with van der Waals surface area (Å²) in [5, 5.41) is 9.69. The standard InChI is InChI=1S/C9H18O4/c1-6-7(8(2,3)10)13-9(6,11-4)12-5/h6-7,10H,1-5H3. The van der Waals surface area contributed by atoms with Crippen molar-refractivity contribution in [3.63, 3.8) is 0 Å². The largest absolute Gasteiger partial charge is 0.388 e. The Morgan fingerprint density at radius 3 is 2.00 bits per heavy atom. The van der Waals surface area contributed by atoms with Gasteiger partial charge in [0.2, 0.25) is 0 Å². The van der Waals surface area contributed by atoms with Crippen molar-refractivity contribution in [2.24, 2.45) is 5.92 Å². The molecule has 0 amide bonds. The lowest BCUT2D eigenvalue weighted by Crippen LogP contribution is -2.67. The lowest BCUT2D eigenvalue weighted by molar-refractivity contribution is -0.492. The number of hydrogen-bond acceptors (Lipinski definition) is 4. The number of ether oxygens (including phenoxy) is 3. The van der Waals surface area contributed by atoms with Gasteiger partial charge in [0.15, 0.2) is 0 Å². The topological polar surface area (TPSA) is 47.9 Å². The summed E-state index contributed by atoms with van der Waals surface area (Å²) in [5.74, 6) is -0.951. The van der Waals surface area contributed by atoms with Crippen molar-refractivity contribution in [2.75, 3.05) is 14.2 Å². The summed E-state index contributed by atoms with van der Waals surface area (Å²) >= 11 is 0. The van der Waals surface area contributed by atoms with Crippen molar-refractivity contribution in [3.05, 3.63) is 0 Å². The van der Waals surface area contributed by atoms with E-state index in [9.17, 15) is 5.11 Å². The third kappa shape index (κ3) is 1.59. The minimum atomic E-state index is -0.968. The monoisotopic (exact) mass is 190 g/mol. The van der Waals surface area contributed by atoms with Crippen LogP contribution in [0.25, 0.3) is 0 Å². The summed E-state index contributed by atoms with van der Waals surface area (Å²) < 4.78 is 15.6. The van der Waals surface area contributed by atoms with Crippen LogP contribution in [0.5, 0.6) is 0 Å². The molecule has 2 atom stereocenters. The van der Waals surface area contributed by atoms with Gasteiger partial charge in [-0.3, -0.25) is 0 Å². The predicted molar refractivity (Wildman–Crippen MR) is 47.1 cm³/mol. The van der Waals surface area contributed by atoms with E-state index in [4.69, 9.17) is 14.2 Å². The van der Waals surface area contributed by atoms with Crippen LogP contribution in [0, 0.1) is 5.92 Å². The van der Waals surface area contributed by atoms with Gasteiger partial charge in [-0.1, -0.05) is 6.92 Å². The molecular formula is C9H18O4. The Hall–Kier alpha value is -0.160. The minimum absolute atomic E-state index is 0.0162. The van der Waals surface area contributed by atoms with Crippen molar-refractivity contribution in [3.8, 4) is 0 Å². The molecule has 1 fully saturated rings. The highest BCUT2D eigenvalue weighted by molar-refractivity contribution is 4.95. The van der Waals surface area contributed by atoms with Gasteiger partial charge in [0.1, 0.15) is 6.10 Å². The molecule has 0 spiro atoms. The average Bonchev–Trinajstić information content (AvgIpc) is 2.02. The van der Waals surface area contributed by atoms with Gasteiger partial charge in [-0.2, -0.15) is 0 Å². The smallest absolute Gasteiger partial charge is 0.288 e. The van der Waals surface area contributed by atoms with E-state index in [-0.39, 0.29) is 12.0 Å². The summed E-state index contributed by atoms with van der Waals surface area (Å²) in [5.41, 5.74) is -0.861. The molecule has 13 heavy (non-hydrogen) atoms. The first kappa shape index (κ1) is 10.9. The van der Waals surface area contributed by atoms with Gasteiger partial charge < -0.3 is 19.3 Å². The fourth-order valence-electron chi connectivity index (χ4n) is 1.81. The fourth-order valence-corrected chi connectivity index (χ4v) is 1.81. The predicted octanol–water partition coefficient (Wildman–Crippen LogP) is 0.739. The molecule has 0 aliphatic carbocycles. The van der Waals surface area contributed by atoms with Gasteiger partial charge in [0.25, 0.3) is 5.97 Å². The lowest BCUT2D eigenvalue weighted by atomic mass is 9.84. The van der Waals surface area contributed by atoms with Crippen LogP contribution in [0.15, 0.2) is 0 Å². The van der Waals surface area contributed by atoms with Gasteiger partial charge >= 0.3 is 0 Å². The molecule has 0 aromatic carbocycles. The highest BCUT2D eigenvalue weighted by Crippen LogP contribution is 2.44. The molecule has 1 saturated heterocycles. The molecule has 4 heteroatoms. The van der Waals surface area contributed by atoms with E-state index >= 15 is 0 Å². The summed E-state index contributed by atoms with van der Waals surface area (Å²) in [6.07, 6.45) is -0.243. The van der Waals surface area contributed by atoms with Gasteiger partial charge in [-0.05, 0) is 13.8 Å². The van der Waals surface area contributed by atoms with E-state index in [0.29, 0.717) is 0 Å². The quantitative estimate of drug-likeness (QED) is 0.667. The fraction of sp³-hybridized carbons (Fsp3) is 1.00. The van der Waals surface area contributed by atoms with E-state index in [0.717, 1.165) is 0 Å². The second kappa shape index (κ2) is 3.20. The molecule has 1 rings (SSSR count). The lowest BCUT2D eigenvalue weighted by Gasteiger charge is -2.54. The Morgan fingerprint density at radius 2 is 1.77 bits per heavy atom. The van der Waals surface area contributed by atoms with Crippen LogP contribution in [-0.2, 0) is 14.2 Å². The molecule has 0 saturated carbocycles. The third-order valence-electron chi connectivity index (χ3n) is 2.57. The molecule has 0 aromatic heterocycles. The Morgan fingerprint density at radius 1 is 1.31 bits per heavy atom.